The maximum atomic E-state index is 12.9. The van der Waals surface area contributed by atoms with E-state index in [0.29, 0.717) is 3.57 Å². The van der Waals surface area contributed by atoms with Crippen LogP contribution in [-0.2, 0) is 4.74 Å². The molecule has 2 heterocycles. The number of nitrogens with zero attached hydrogens (tertiary/aromatic N) is 2. The maximum absolute atomic E-state index is 12.9. The number of nitrogens with two attached hydrogens (primary N) is 1. The van der Waals surface area contributed by atoms with Crippen LogP contribution in [0.15, 0.2) is 22.9 Å². The lowest BCUT2D eigenvalue weighted by molar-refractivity contribution is -0.0448. The summed E-state index contributed by atoms with van der Waals surface area (Å²) in [6.45, 7) is -0.497. The minimum Gasteiger partial charge on any atom is -0.394 e. The monoisotopic (exact) mass is 383 g/mol. The lowest BCUT2D eigenvalue weighted by atomic mass is 10.1. The standard InChI is InChI=1S/C10H11FIN3O4/c11-1-4-7(17)6(3-16)19-9(4)15-2-5(12)8(13)14-10(15)18/h1-2,6-7,9,16-17H,3H2,(H2,13,14,18)/b4-1+. The summed E-state index contributed by atoms with van der Waals surface area (Å²) < 4.78 is 19.6. The Morgan fingerprint density at radius 2 is 2.37 bits per heavy atom. The molecule has 7 nitrogen and oxygen atoms in total. The second-order valence-electron chi connectivity index (χ2n) is 3.93. The molecule has 0 spiro atoms. The molecule has 1 aromatic rings. The van der Waals surface area contributed by atoms with E-state index in [4.69, 9.17) is 15.6 Å². The highest BCUT2D eigenvalue weighted by Gasteiger charge is 2.40. The van der Waals surface area contributed by atoms with Crippen molar-refractivity contribution in [1.82, 2.24) is 9.55 Å². The molecule has 3 atom stereocenters. The Kier molecular flexibility index (Phi) is 4.18. The number of nitrogen functional groups attached to an aromatic ring is 1. The average molecular weight is 383 g/mol. The van der Waals surface area contributed by atoms with Gasteiger partial charge in [0.2, 0.25) is 0 Å². The van der Waals surface area contributed by atoms with E-state index in [1.807, 2.05) is 22.6 Å². The highest BCUT2D eigenvalue weighted by molar-refractivity contribution is 14.1. The molecule has 1 aliphatic heterocycles. The van der Waals surface area contributed by atoms with Gasteiger partial charge in [-0.3, -0.25) is 4.57 Å². The SMILES string of the molecule is Nc1nc(=O)n(C2OC(CO)C(O)/C2=C\F)cc1I. The van der Waals surface area contributed by atoms with Crippen LogP contribution in [0.1, 0.15) is 6.23 Å². The summed E-state index contributed by atoms with van der Waals surface area (Å²) in [4.78, 5) is 15.3. The highest BCUT2D eigenvalue weighted by Crippen LogP contribution is 2.33. The summed E-state index contributed by atoms with van der Waals surface area (Å²) in [5.41, 5.74) is 4.61. The minimum atomic E-state index is -1.32. The van der Waals surface area contributed by atoms with Gasteiger partial charge >= 0.3 is 5.69 Å². The number of ether oxygens (including phenoxy) is 1. The number of aromatic nitrogens is 2. The molecule has 4 N–H and O–H groups in total. The predicted molar refractivity (Wildman–Crippen MR) is 71.8 cm³/mol. The normalized spacial score (nSPS) is 29.1. The molecular formula is C10H11FIN3O4. The number of rotatable bonds is 2. The van der Waals surface area contributed by atoms with Crippen molar-refractivity contribution in [3.05, 3.63) is 32.2 Å². The van der Waals surface area contributed by atoms with Gasteiger partial charge in [0.05, 0.1) is 16.5 Å². The summed E-state index contributed by atoms with van der Waals surface area (Å²) in [6.07, 6.45) is -1.94. The fourth-order valence-corrected chi connectivity index (χ4v) is 2.21. The van der Waals surface area contributed by atoms with Crippen molar-refractivity contribution in [2.75, 3.05) is 12.3 Å². The minimum absolute atomic E-state index is 0.0601. The molecule has 0 saturated carbocycles. The average Bonchev–Trinajstić information content (AvgIpc) is 2.70. The summed E-state index contributed by atoms with van der Waals surface area (Å²) in [6, 6.07) is 0. The van der Waals surface area contributed by atoms with E-state index in [1.165, 1.54) is 6.20 Å². The lowest BCUT2D eigenvalue weighted by Crippen LogP contribution is -2.29. The number of hydrogen-bond donors (Lipinski definition) is 3. The molecule has 1 fully saturated rings. The van der Waals surface area contributed by atoms with Crippen molar-refractivity contribution in [3.63, 3.8) is 0 Å². The lowest BCUT2D eigenvalue weighted by Gasteiger charge is -2.15. The first kappa shape index (κ1) is 14.4. The van der Waals surface area contributed by atoms with Crippen LogP contribution in [0.4, 0.5) is 10.2 Å². The molecule has 1 aliphatic rings. The zero-order valence-electron chi connectivity index (χ0n) is 9.53. The number of aliphatic hydroxyl groups is 2. The molecule has 2 rings (SSSR count). The molecule has 3 unspecified atom stereocenters. The van der Waals surface area contributed by atoms with Crippen LogP contribution in [0.5, 0.6) is 0 Å². The summed E-state index contributed by atoms with van der Waals surface area (Å²) in [7, 11) is 0. The number of halogens is 2. The van der Waals surface area contributed by atoms with Gasteiger partial charge in [-0.1, -0.05) is 0 Å². The zero-order chi connectivity index (χ0) is 14.2. The van der Waals surface area contributed by atoms with Gasteiger partial charge in [-0.2, -0.15) is 4.98 Å². The summed E-state index contributed by atoms with van der Waals surface area (Å²) >= 11 is 1.86. The van der Waals surface area contributed by atoms with Crippen LogP contribution in [0.2, 0.25) is 0 Å². The van der Waals surface area contributed by atoms with Gasteiger partial charge in [0.15, 0.2) is 6.23 Å². The van der Waals surface area contributed by atoms with Gasteiger partial charge in [-0.05, 0) is 22.6 Å². The van der Waals surface area contributed by atoms with Gasteiger partial charge in [-0.25, -0.2) is 9.18 Å². The Bertz CT molecular complexity index is 576. The quantitative estimate of drug-likeness (QED) is 0.596. The van der Waals surface area contributed by atoms with Crippen LogP contribution in [0.25, 0.3) is 0 Å². The fraction of sp³-hybridized carbons (Fsp3) is 0.400. The highest BCUT2D eigenvalue weighted by atomic mass is 127. The van der Waals surface area contributed by atoms with Crippen LogP contribution < -0.4 is 11.4 Å². The molecule has 0 aromatic carbocycles. The van der Waals surface area contributed by atoms with E-state index in [9.17, 15) is 14.3 Å². The molecule has 19 heavy (non-hydrogen) atoms. The van der Waals surface area contributed by atoms with Gasteiger partial charge < -0.3 is 20.7 Å². The second-order valence-corrected chi connectivity index (χ2v) is 5.09. The van der Waals surface area contributed by atoms with Gasteiger partial charge in [-0.15, -0.1) is 0 Å². The van der Waals surface area contributed by atoms with Crippen molar-refractivity contribution in [1.29, 1.82) is 0 Å². The topological polar surface area (TPSA) is 111 Å². The number of anilines is 1. The van der Waals surface area contributed by atoms with Gasteiger partial charge in [0.1, 0.15) is 18.0 Å². The molecule has 1 aromatic heterocycles. The summed E-state index contributed by atoms with van der Waals surface area (Å²) in [5.74, 6) is 0.0601. The van der Waals surface area contributed by atoms with E-state index >= 15 is 0 Å². The van der Waals surface area contributed by atoms with E-state index in [-0.39, 0.29) is 17.7 Å². The van der Waals surface area contributed by atoms with Crippen LogP contribution in [-0.4, -0.2) is 38.6 Å². The van der Waals surface area contributed by atoms with Gasteiger partial charge in [0.25, 0.3) is 0 Å². The largest absolute Gasteiger partial charge is 0.394 e. The van der Waals surface area contributed by atoms with E-state index in [0.717, 1.165) is 4.57 Å². The first-order chi connectivity index (χ1) is 8.99. The van der Waals surface area contributed by atoms with E-state index < -0.39 is 30.7 Å². The van der Waals surface area contributed by atoms with Crippen molar-refractivity contribution >= 4 is 28.4 Å². The van der Waals surface area contributed by atoms with Crippen LogP contribution >= 0.6 is 22.6 Å². The molecule has 104 valence electrons. The molecule has 0 amide bonds. The Morgan fingerprint density at radius 1 is 1.68 bits per heavy atom. The first-order valence-electron chi connectivity index (χ1n) is 5.28. The smallest absolute Gasteiger partial charge is 0.351 e. The van der Waals surface area contributed by atoms with Crippen molar-refractivity contribution in [2.45, 2.75) is 18.4 Å². The fourth-order valence-electron chi connectivity index (χ4n) is 1.79. The summed E-state index contributed by atoms with van der Waals surface area (Å²) in [5, 5.41) is 18.8. The number of hydrogen-bond acceptors (Lipinski definition) is 6. The van der Waals surface area contributed by atoms with Crippen LogP contribution in [0, 0.1) is 3.57 Å². The maximum Gasteiger partial charge on any atom is 0.351 e. The van der Waals surface area contributed by atoms with Crippen molar-refractivity contribution in [2.24, 2.45) is 0 Å². The zero-order valence-corrected chi connectivity index (χ0v) is 11.7. The van der Waals surface area contributed by atoms with Gasteiger partial charge in [0, 0.05) is 11.8 Å². The first-order valence-corrected chi connectivity index (χ1v) is 6.36. The second kappa shape index (κ2) is 5.53. The van der Waals surface area contributed by atoms with Crippen molar-refractivity contribution in [3.8, 4) is 0 Å². The number of aliphatic hydroxyl groups excluding tert-OH is 2. The Hall–Kier alpha value is -1.04. The third kappa shape index (κ3) is 2.50. The molecule has 0 radical (unpaired) electrons. The molecule has 0 bridgehead atoms. The molecule has 9 heteroatoms. The molecular weight excluding hydrogens is 372 g/mol. The van der Waals surface area contributed by atoms with Crippen molar-refractivity contribution < 1.29 is 19.3 Å². The van der Waals surface area contributed by atoms with E-state index in [1.54, 1.807) is 0 Å². The van der Waals surface area contributed by atoms with Crippen LogP contribution in [0.3, 0.4) is 0 Å². The molecule has 1 saturated heterocycles. The van der Waals surface area contributed by atoms with E-state index in [2.05, 4.69) is 4.98 Å². The molecule has 0 aliphatic carbocycles. The third-order valence-electron chi connectivity index (χ3n) is 2.78. The predicted octanol–water partition coefficient (Wildman–Crippen LogP) is -0.466. The Morgan fingerprint density at radius 3 is 2.95 bits per heavy atom. The Balaban J connectivity index is 2.47. The third-order valence-corrected chi connectivity index (χ3v) is 3.61. The Labute approximate surface area is 120 Å².